The molecule has 6 heteroatoms. The van der Waals surface area contributed by atoms with Crippen LogP contribution in [0.1, 0.15) is 29.3 Å². The van der Waals surface area contributed by atoms with Crippen LogP contribution in [0.2, 0.25) is 5.15 Å². The molecule has 0 aliphatic heterocycles. The lowest BCUT2D eigenvalue weighted by atomic mass is 9.94. The first-order valence-corrected chi connectivity index (χ1v) is 7.79. The molecule has 1 aliphatic carbocycles. The minimum absolute atomic E-state index is 0.322. The van der Waals surface area contributed by atoms with E-state index in [0.717, 1.165) is 16.7 Å². The number of fused-ring (bicyclic) bond motifs is 1. The van der Waals surface area contributed by atoms with Gasteiger partial charge >= 0.3 is 0 Å². The van der Waals surface area contributed by atoms with Crippen molar-refractivity contribution in [3.8, 4) is 0 Å². The van der Waals surface area contributed by atoms with E-state index in [1.54, 1.807) is 0 Å². The molecule has 2 aromatic rings. The van der Waals surface area contributed by atoms with Crippen molar-refractivity contribution in [3.63, 3.8) is 0 Å². The summed E-state index contributed by atoms with van der Waals surface area (Å²) in [7, 11) is 0. The molecule has 94 valence electrons. The maximum atomic E-state index is 5.97. The van der Waals surface area contributed by atoms with Crippen LogP contribution in [0.5, 0.6) is 0 Å². The zero-order chi connectivity index (χ0) is 12.5. The van der Waals surface area contributed by atoms with E-state index in [4.69, 9.17) is 11.6 Å². The summed E-state index contributed by atoms with van der Waals surface area (Å²) in [5, 5.41) is 6.05. The second-order valence-electron chi connectivity index (χ2n) is 4.22. The van der Waals surface area contributed by atoms with E-state index in [-0.39, 0.29) is 0 Å². The number of anilines is 1. The van der Waals surface area contributed by atoms with Gasteiger partial charge in [0.2, 0.25) is 0 Å². The van der Waals surface area contributed by atoms with Crippen LogP contribution >= 0.6 is 38.9 Å². The highest BCUT2D eigenvalue weighted by Crippen LogP contribution is 2.37. The first-order chi connectivity index (χ1) is 8.75. The fraction of sp³-hybridized carbons (Fsp3) is 0.333. The second kappa shape index (κ2) is 5.15. The molecular formula is C12H11BrClN3S. The van der Waals surface area contributed by atoms with Crippen LogP contribution in [0, 0.1) is 0 Å². The zero-order valence-corrected chi connectivity index (χ0v) is 12.6. The van der Waals surface area contributed by atoms with E-state index in [1.165, 1.54) is 29.6 Å². The molecule has 1 atom stereocenters. The smallest absolute Gasteiger partial charge is 0.148 e. The predicted octanol–water partition coefficient (Wildman–Crippen LogP) is 4.44. The zero-order valence-electron chi connectivity index (χ0n) is 9.49. The summed E-state index contributed by atoms with van der Waals surface area (Å²) in [5.41, 5.74) is 1.40. The number of aryl methyl sites for hydroxylation is 1. The molecule has 0 bridgehead atoms. The third-order valence-electron chi connectivity index (χ3n) is 3.11. The van der Waals surface area contributed by atoms with Crippen molar-refractivity contribution in [2.24, 2.45) is 0 Å². The standard InChI is InChI=1S/C12H11BrClN3S/c13-10-11(14)15-6-16-12(10)17-8-2-1-3-9-7(8)4-5-18-9/h4-6,8H,1-3H2,(H,15,16,17). The summed E-state index contributed by atoms with van der Waals surface area (Å²) in [6.45, 7) is 0. The normalized spacial score (nSPS) is 18.4. The summed E-state index contributed by atoms with van der Waals surface area (Å²) in [6.07, 6.45) is 5.00. The summed E-state index contributed by atoms with van der Waals surface area (Å²) in [4.78, 5) is 9.66. The Morgan fingerprint density at radius 3 is 3.22 bits per heavy atom. The van der Waals surface area contributed by atoms with Crippen LogP contribution in [0.25, 0.3) is 0 Å². The molecule has 3 nitrogen and oxygen atoms in total. The Hall–Kier alpha value is -0.650. The molecule has 0 aromatic carbocycles. The van der Waals surface area contributed by atoms with Gasteiger partial charge in [-0.3, -0.25) is 0 Å². The van der Waals surface area contributed by atoms with E-state index < -0.39 is 0 Å². The Morgan fingerprint density at radius 1 is 1.44 bits per heavy atom. The Labute approximate surface area is 123 Å². The first-order valence-electron chi connectivity index (χ1n) is 5.74. The van der Waals surface area contributed by atoms with Gasteiger partial charge in [0.25, 0.3) is 0 Å². The number of nitrogens with zero attached hydrogens (tertiary/aromatic N) is 2. The lowest BCUT2D eigenvalue weighted by Crippen LogP contribution is -2.16. The number of hydrogen-bond acceptors (Lipinski definition) is 4. The highest BCUT2D eigenvalue weighted by atomic mass is 79.9. The van der Waals surface area contributed by atoms with Gasteiger partial charge in [0.05, 0.1) is 10.5 Å². The summed E-state index contributed by atoms with van der Waals surface area (Å²) in [5.74, 6) is 0.763. The molecule has 1 unspecified atom stereocenters. The van der Waals surface area contributed by atoms with Crippen LogP contribution in [0.15, 0.2) is 22.2 Å². The van der Waals surface area contributed by atoms with E-state index >= 15 is 0 Å². The Kier molecular flexibility index (Phi) is 3.54. The number of thiophene rings is 1. The average Bonchev–Trinajstić information content (AvgIpc) is 2.84. The molecule has 18 heavy (non-hydrogen) atoms. The number of nitrogens with one attached hydrogen (secondary N) is 1. The third kappa shape index (κ3) is 2.27. The van der Waals surface area contributed by atoms with Gasteiger partial charge in [0.1, 0.15) is 17.3 Å². The quantitative estimate of drug-likeness (QED) is 0.818. The second-order valence-corrected chi connectivity index (χ2v) is 6.37. The maximum absolute atomic E-state index is 5.97. The summed E-state index contributed by atoms with van der Waals surface area (Å²) < 4.78 is 0.731. The largest absolute Gasteiger partial charge is 0.362 e. The fourth-order valence-corrected chi connectivity index (χ4v) is 3.69. The molecule has 1 aliphatic rings. The van der Waals surface area contributed by atoms with Gasteiger partial charge in [-0.2, -0.15) is 0 Å². The van der Waals surface area contributed by atoms with Crippen LogP contribution in [-0.4, -0.2) is 9.97 Å². The van der Waals surface area contributed by atoms with Gasteiger partial charge in [-0.25, -0.2) is 9.97 Å². The minimum Gasteiger partial charge on any atom is -0.362 e. The summed E-state index contributed by atoms with van der Waals surface area (Å²) >= 11 is 11.2. The molecular weight excluding hydrogens is 334 g/mol. The number of hydrogen-bond donors (Lipinski definition) is 1. The number of halogens is 2. The van der Waals surface area contributed by atoms with E-state index in [9.17, 15) is 0 Å². The van der Waals surface area contributed by atoms with Crippen molar-refractivity contribution in [3.05, 3.63) is 37.8 Å². The third-order valence-corrected chi connectivity index (χ3v) is 5.37. The molecule has 0 amide bonds. The highest BCUT2D eigenvalue weighted by molar-refractivity contribution is 9.10. The summed E-state index contributed by atoms with van der Waals surface area (Å²) in [6, 6.07) is 2.52. The number of rotatable bonds is 2. The van der Waals surface area contributed by atoms with Crippen molar-refractivity contribution < 1.29 is 0 Å². The maximum Gasteiger partial charge on any atom is 0.148 e. The SMILES string of the molecule is Clc1ncnc(NC2CCCc3sccc32)c1Br. The van der Waals surface area contributed by atoms with Crippen LogP contribution in [0.3, 0.4) is 0 Å². The fourth-order valence-electron chi connectivity index (χ4n) is 2.25. The highest BCUT2D eigenvalue weighted by Gasteiger charge is 2.22. The molecule has 2 heterocycles. The van der Waals surface area contributed by atoms with Gasteiger partial charge in [-0.15, -0.1) is 11.3 Å². The van der Waals surface area contributed by atoms with Gasteiger partial charge in [0.15, 0.2) is 0 Å². The molecule has 3 rings (SSSR count). The lowest BCUT2D eigenvalue weighted by Gasteiger charge is -2.24. The van der Waals surface area contributed by atoms with Crippen molar-refractivity contribution >= 4 is 44.7 Å². The topological polar surface area (TPSA) is 37.8 Å². The minimum atomic E-state index is 0.322. The predicted molar refractivity (Wildman–Crippen MR) is 78.4 cm³/mol. The molecule has 1 N–H and O–H groups in total. The molecule has 0 saturated carbocycles. The van der Waals surface area contributed by atoms with Crippen molar-refractivity contribution in [2.75, 3.05) is 5.32 Å². The van der Waals surface area contributed by atoms with Crippen molar-refractivity contribution in [2.45, 2.75) is 25.3 Å². The van der Waals surface area contributed by atoms with Crippen LogP contribution < -0.4 is 5.32 Å². The van der Waals surface area contributed by atoms with E-state index in [1.807, 2.05) is 11.3 Å². The molecule has 0 radical (unpaired) electrons. The van der Waals surface area contributed by atoms with Gasteiger partial charge < -0.3 is 5.32 Å². The van der Waals surface area contributed by atoms with Gasteiger partial charge in [-0.1, -0.05) is 11.6 Å². The van der Waals surface area contributed by atoms with E-state index in [2.05, 4.69) is 42.7 Å². The Morgan fingerprint density at radius 2 is 2.33 bits per heavy atom. The van der Waals surface area contributed by atoms with E-state index in [0.29, 0.717) is 11.2 Å². The van der Waals surface area contributed by atoms with Crippen molar-refractivity contribution in [1.29, 1.82) is 0 Å². The van der Waals surface area contributed by atoms with Crippen LogP contribution in [-0.2, 0) is 6.42 Å². The molecule has 0 fully saturated rings. The molecule has 0 spiro atoms. The monoisotopic (exact) mass is 343 g/mol. The lowest BCUT2D eigenvalue weighted by molar-refractivity contribution is 0.606. The Bertz CT molecular complexity index is 572. The van der Waals surface area contributed by atoms with Gasteiger partial charge in [-0.05, 0) is 52.2 Å². The Balaban J connectivity index is 1.88. The molecule has 0 saturated heterocycles. The first kappa shape index (κ1) is 12.4. The van der Waals surface area contributed by atoms with Crippen molar-refractivity contribution in [1.82, 2.24) is 9.97 Å². The van der Waals surface area contributed by atoms with Gasteiger partial charge in [0, 0.05) is 4.88 Å². The van der Waals surface area contributed by atoms with Crippen LogP contribution in [0.4, 0.5) is 5.82 Å². The number of aromatic nitrogens is 2. The molecule has 2 aromatic heterocycles. The average molecular weight is 345 g/mol.